The maximum atomic E-state index is 13.6. The van der Waals surface area contributed by atoms with Crippen LogP contribution >= 0.6 is 11.6 Å². The highest BCUT2D eigenvalue weighted by Gasteiger charge is 2.45. The lowest BCUT2D eigenvalue weighted by Gasteiger charge is -2.20. The van der Waals surface area contributed by atoms with Crippen molar-refractivity contribution in [2.24, 2.45) is 0 Å². The molecule has 0 aliphatic rings. The molecule has 3 aromatic rings. The summed E-state index contributed by atoms with van der Waals surface area (Å²) < 4.78 is 59.6. The summed E-state index contributed by atoms with van der Waals surface area (Å²) in [5.74, 6) is -1.41. The van der Waals surface area contributed by atoms with Crippen LogP contribution in [-0.4, -0.2) is 22.2 Å². The van der Waals surface area contributed by atoms with Gasteiger partial charge in [-0.25, -0.2) is 19.2 Å². The van der Waals surface area contributed by atoms with E-state index < -0.39 is 29.8 Å². The van der Waals surface area contributed by atoms with Gasteiger partial charge in [-0.2, -0.15) is 13.2 Å². The number of carbonyl (C=O) groups excluding carboxylic acids is 1. The maximum Gasteiger partial charge on any atom is 0.416 e. The standard InChI is InChI=1S/C16H12ClF4N5O2/c1-6-9-2-7(18)3-10(17)12(9)28-11(6)13(16(19,20)21)26-15(27)25-8-4-23-14(22)24-5-8/h2-5,13H,1H3,(H2,22,23,24)(H2,25,26,27)/t13-/m1/s1. The highest BCUT2D eigenvalue weighted by molar-refractivity contribution is 6.34. The summed E-state index contributed by atoms with van der Waals surface area (Å²) in [6, 6.07) is -1.77. The van der Waals surface area contributed by atoms with Gasteiger partial charge in [0.05, 0.1) is 23.1 Å². The van der Waals surface area contributed by atoms with E-state index in [1.807, 2.05) is 0 Å². The smallest absolute Gasteiger partial charge is 0.416 e. The number of nitrogens with two attached hydrogens (primary N) is 1. The van der Waals surface area contributed by atoms with Crippen LogP contribution in [0.4, 0.5) is 34.0 Å². The van der Waals surface area contributed by atoms with E-state index >= 15 is 0 Å². The molecule has 2 aromatic heterocycles. The molecule has 2 heterocycles. The molecule has 0 aliphatic carbocycles. The average molecular weight is 418 g/mol. The van der Waals surface area contributed by atoms with Crippen molar-refractivity contribution in [2.75, 3.05) is 11.1 Å². The van der Waals surface area contributed by atoms with Gasteiger partial charge >= 0.3 is 12.2 Å². The van der Waals surface area contributed by atoms with E-state index in [1.165, 1.54) is 6.92 Å². The average Bonchev–Trinajstić information content (AvgIpc) is 2.91. The highest BCUT2D eigenvalue weighted by Crippen LogP contribution is 2.40. The number of hydrogen-bond acceptors (Lipinski definition) is 5. The van der Waals surface area contributed by atoms with Gasteiger partial charge in [0.25, 0.3) is 0 Å². The monoisotopic (exact) mass is 417 g/mol. The second-order valence-corrected chi connectivity index (χ2v) is 6.17. The summed E-state index contributed by atoms with van der Waals surface area (Å²) in [7, 11) is 0. The third-order valence-corrected chi connectivity index (χ3v) is 4.07. The van der Waals surface area contributed by atoms with Crippen LogP contribution in [0.2, 0.25) is 5.02 Å². The number of nitrogens with zero attached hydrogens (tertiary/aromatic N) is 2. The van der Waals surface area contributed by atoms with E-state index in [9.17, 15) is 22.4 Å². The normalized spacial score (nSPS) is 12.8. The Kier molecular flexibility index (Phi) is 5.02. The minimum atomic E-state index is -4.90. The molecular formula is C16H12ClF4N5O2. The Bertz CT molecular complexity index is 1040. The number of nitrogens with one attached hydrogen (secondary N) is 2. The van der Waals surface area contributed by atoms with Gasteiger partial charge in [-0.1, -0.05) is 11.6 Å². The van der Waals surface area contributed by atoms with Crippen molar-refractivity contribution in [3.05, 3.63) is 46.7 Å². The molecule has 0 spiro atoms. The van der Waals surface area contributed by atoms with Crippen molar-refractivity contribution in [1.82, 2.24) is 15.3 Å². The molecule has 0 aliphatic heterocycles. The summed E-state index contributed by atoms with van der Waals surface area (Å²) >= 11 is 5.85. The van der Waals surface area contributed by atoms with Crippen LogP contribution in [0, 0.1) is 12.7 Å². The van der Waals surface area contributed by atoms with Crippen molar-refractivity contribution < 1.29 is 26.8 Å². The van der Waals surface area contributed by atoms with Gasteiger partial charge < -0.3 is 20.8 Å². The van der Waals surface area contributed by atoms with Gasteiger partial charge in [-0.3, -0.25) is 0 Å². The van der Waals surface area contributed by atoms with Crippen molar-refractivity contribution >= 4 is 40.2 Å². The first kappa shape index (κ1) is 19.7. The van der Waals surface area contributed by atoms with Crippen molar-refractivity contribution in [3.63, 3.8) is 0 Å². The SMILES string of the molecule is Cc1c([C@@H](NC(=O)Nc2cnc(N)nc2)C(F)(F)F)oc2c(Cl)cc(F)cc12. The van der Waals surface area contributed by atoms with Crippen molar-refractivity contribution in [1.29, 1.82) is 0 Å². The van der Waals surface area contributed by atoms with Gasteiger partial charge in [-0.05, 0) is 19.1 Å². The number of nitrogen functional groups attached to an aromatic ring is 1. The number of halogens is 5. The number of anilines is 2. The zero-order valence-electron chi connectivity index (χ0n) is 14.1. The summed E-state index contributed by atoms with van der Waals surface area (Å²) in [4.78, 5) is 19.3. The molecule has 2 amide bonds. The molecular weight excluding hydrogens is 406 g/mol. The Balaban J connectivity index is 1.94. The van der Waals surface area contributed by atoms with Crippen LogP contribution in [0.1, 0.15) is 17.4 Å². The van der Waals surface area contributed by atoms with Crippen LogP contribution in [0.3, 0.4) is 0 Å². The minimum absolute atomic E-state index is 0.00478. The number of benzene rings is 1. The largest absolute Gasteiger partial charge is 0.457 e. The third kappa shape index (κ3) is 3.93. The van der Waals surface area contributed by atoms with E-state index in [-0.39, 0.29) is 33.2 Å². The van der Waals surface area contributed by atoms with Crippen LogP contribution in [-0.2, 0) is 0 Å². The molecule has 28 heavy (non-hydrogen) atoms. The number of furan rings is 1. The van der Waals surface area contributed by atoms with Gasteiger partial charge in [0.2, 0.25) is 5.95 Å². The summed E-state index contributed by atoms with van der Waals surface area (Å²) in [6.45, 7) is 1.31. The summed E-state index contributed by atoms with van der Waals surface area (Å²) in [5, 5.41) is 3.82. The fourth-order valence-electron chi connectivity index (χ4n) is 2.53. The number of aryl methyl sites for hydroxylation is 1. The van der Waals surface area contributed by atoms with Crippen LogP contribution < -0.4 is 16.4 Å². The summed E-state index contributed by atoms with van der Waals surface area (Å²) in [6.07, 6.45) is -2.66. The second kappa shape index (κ2) is 7.15. The van der Waals surface area contributed by atoms with E-state index in [1.54, 1.807) is 5.32 Å². The molecule has 148 valence electrons. The Morgan fingerprint density at radius 2 is 1.93 bits per heavy atom. The van der Waals surface area contributed by atoms with Crippen molar-refractivity contribution in [3.8, 4) is 0 Å². The first-order valence-electron chi connectivity index (χ1n) is 7.66. The van der Waals surface area contributed by atoms with Crippen LogP contribution in [0.5, 0.6) is 0 Å². The molecule has 12 heteroatoms. The maximum absolute atomic E-state index is 13.6. The zero-order chi connectivity index (χ0) is 20.6. The fraction of sp³-hybridized carbons (Fsp3) is 0.188. The van der Waals surface area contributed by atoms with E-state index in [0.717, 1.165) is 24.5 Å². The lowest BCUT2D eigenvalue weighted by atomic mass is 10.1. The number of aromatic nitrogens is 2. The Labute approximate surface area is 159 Å². The second-order valence-electron chi connectivity index (χ2n) is 5.76. The molecule has 1 aromatic carbocycles. The molecule has 0 unspecified atom stereocenters. The first-order chi connectivity index (χ1) is 13.1. The van der Waals surface area contributed by atoms with Gasteiger partial charge in [0.1, 0.15) is 11.6 Å². The number of hydrogen-bond donors (Lipinski definition) is 3. The third-order valence-electron chi connectivity index (χ3n) is 3.79. The molecule has 0 saturated heterocycles. The number of urea groups is 1. The van der Waals surface area contributed by atoms with E-state index in [2.05, 4.69) is 15.3 Å². The molecule has 4 N–H and O–H groups in total. The van der Waals surface area contributed by atoms with Gasteiger partial charge in [0, 0.05) is 10.9 Å². The number of amides is 2. The predicted octanol–water partition coefficient (Wildman–Crippen LogP) is 4.33. The number of alkyl halides is 3. The lowest BCUT2D eigenvalue weighted by Crippen LogP contribution is -2.40. The van der Waals surface area contributed by atoms with E-state index in [4.69, 9.17) is 21.8 Å². The van der Waals surface area contributed by atoms with Crippen LogP contribution in [0.15, 0.2) is 28.9 Å². The molecule has 3 rings (SSSR count). The first-order valence-corrected chi connectivity index (χ1v) is 8.04. The molecule has 7 nitrogen and oxygen atoms in total. The summed E-state index contributed by atoms with van der Waals surface area (Å²) in [5.41, 5.74) is 5.21. The topological polar surface area (TPSA) is 106 Å². The molecule has 0 fully saturated rings. The zero-order valence-corrected chi connectivity index (χ0v) is 14.8. The lowest BCUT2D eigenvalue weighted by molar-refractivity contribution is -0.158. The quantitative estimate of drug-likeness (QED) is 0.550. The molecule has 0 saturated carbocycles. The molecule has 0 bridgehead atoms. The van der Waals surface area contributed by atoms with Crippen molar-refractivity contribution in [2.45, 2.75) is 19.1 Å². The Hall–Kier alpha value is -3.08. The minimum Gasteiger partial charge on any atom is -0.457 e. The highest BCUT2D eigenvalue weighted by atomic mass is 35.5. The van der Waals surface area contributed by atoms with E-state index in [0.29, 0.717) is 0 Å². The fourth-order valence-corrected chi connectivity index (χ4v) is 2.78. The Morgan fingerprint density at radius 1 is 1.29 bits per heavy atom. The van der Waals surface area contributed by atoms with Gasteiger partial charge in [0.15, 0.2) is 11.6 Å². The molecule has 1 atom stereocenters. The van der Waals surface area contributed by atoms with Crippen LogP contribution in [0.25, 0.3) is 11.0 Å². The van der Waals surface area contributed by atoms with Gasteiger partial charge in [-0.15, -0.1) is 0 Å². The Morgan fingerprint density at radius 3 is 2.54 bits per heavy atom. The predicted molar refractivity (Wildman–Crippen MR) is 93.3 cm³/mol. The number of fused-ring (bicyclic) bond motifs is 1. The number of rotatable bonds is 3. The number of carbonyl (C=O) groups is 1. The molecule has 0 radical (unpaired) electrons.